The largest absolute Gasteiger partial charge is 0.320 e. The fourth-order valence-electron chi connectivity index (χ4n) is 1.21. The Labute approximate surface area is 106 Å². The smallest absolute Gasteiger partial charge is 0.211 e. The molecule has 1 rings (SSSR count). The van der Waals surface area contributed by atoms with Crippen molar-refractivity contribution >= 4 is 21.4 Å². The Morgan fingerprint density at radius 3 is 2.94 bits per heavy atom. The zero-order valence-corrected chi connectivity index (χ0v) is 11.3. The maximum Gasteiger partial charge on any atom is 0.211 e. The van der Waals surface area contributed by atoms with Gasteiger partial charge >= 0.3 is 0 Å². The highest BCUT2D eigenvalue weighted by Gasteiger charge is 2.08. The minimum Gasteiger partial charge on any atom is -0.320 e. The number of nitrogens with two attached hydrogens (primary N) is 1. The molecule has 94 valence electrons. The van der Waals surface area contributed by atoms with Gasteiger partial charge in [-0.05, 0) is 12.5 Å². The van der Waals surface area contributed by atoms with Crippen LogP contribution in [0.4, 0.5) is 0 Å². The molecule has 0 bridgehead atoms. The summed E-state index contributed by atoms with van der Waals surface area (Å²) in [6.45, 7) is 2.50. The van der Waals surface area contributed by atoms with Crippen molar-refractivity contribution in [1.82, 2.24) is 4.72 Å². The molecule has 0 aliphatic carbocycles. The number of hydrogen-bond acceptors (Lipinski definition) is 4. The zero-order chi connectivity index (χ0) is 12.7. The van der Waals surface area contributed by atoms with Crippen molar-refractivity contribution in [3.63, 3.8) is 0 Å². The second kappa shape index (κ2) is 6.77. The van der Waals surface area contributed by atoms with Crippen LogP contribution in [-0.2, 0) is 16.6 Å². The fraction of sp³-hybridized carbons (Fsp3) is 0.455. The van der Waals surface area contributed by atoms with Crippen LogP contribution in [0.2, 0.25) is 0 Å². The molecule has 0 aromatic carbocycles. The zero-order valence-electron chi connectivity index (χ0n) is 9.69. The van der Waals surface area contributed by atoms with Crippen molar-refractivity contribution in [3.8, 4) is 11.8 Å². The third-order valence-electron chi connectivity index (χ3n) is 1.93. The number of nitrogens with one attached hydrogen (secondary N) is 1. The number of hydrogen-bond donors (Lipinski definition) is 2. The molecule has 0 aliphatic rings. The SMILES string of the molecule is CCCS(=O)(=O)NCc1cc(C#CCN)cs1. The molecule has 0 spiro atoms. The van der Waals surface area contributed by atoms with E-state index in [1.165, 1.54) is 11.3 Å². The van der Waals surface area contributed by atoms with Crippen LogP contribution < -0.4 is 10.5 Å². The molecule has 1 heterocycles. The lowest BCUT2D eigenvalue weighted by molar-refractivity contribution is 0.580. The fourth-order valence-corrected chi connectivity index (χ4v) is 3.12. The van der Waals surface area contributed by atoms with E-state index >= 15 is 0 Å². The van der Waals surface area contributed by atoms with Crippen LogP contribution >= 0.6 is 11.3 Å². The van der Waals surface area contributed by atoms with E-state index in [2.05, 4.69) is 16.6 Å². The van der Waals surface area contributed by atoms with Gasteiger partial charge in [-0.15, -0.1) is 11.3 Å². The van der Waals surface area contributed by atoms with Crippen molar-refractivity contribution in [2.45, 2.75) is 19.9 Å². The average molecular weight is 272 g/mol. The molecule has 0 unspecified atom stereocenters. The molecule has 0 aliphatic heterocycles. The number of rotatable bonds is 5. The Morgan fingerprint density at radius 1 is 1.53 bits per heavy atom. The van der Waals surface area contributed by atoms with Crippen molar-refractivity contribution in [1.29, 1.82) is 0 Å². The van der Waals surface area contributed by atoms with Crippen LogP contribution in [0.15, 0.2) is 11.4 Å². The van der Waals surface area contributed by atoms with E-state index in [1.54, 1.807) is 0 Å². The summed E-state index contributed by atoms with van der Waals surface area (Å²) in [5.74, 6) is 5.83. The molecule has 6 heteroatoms. The van der Waals surface area contributed by atoms with Crippen LogP contribution in [0, 0.1) is 11.8 Å². The van der Waals surface area contributed by atoms with Gasteiger partial charge in [-0.3, -0.25) is 0 Å². The molecule has 0 saturated carbocycles. The maximum absolute atomic E-state index is 11.4. The Hall–Kier alpha value is -0.870. The minimum absolute atomic E-state index is 0.165. The normalized spacial score (nSPS) is 10.9. The first-order valence-corrected chi connectivity index (χ1v) is 7.84. The Bertz CT molecular complexity index is 509. The summed E-state index contributed by atoms with van der Waals surface area (Å²) >= 11 is 1.49. The van der Waals surface area contributed by atoms with Gasteiger partial charge in [0.25, 0.3) is 0 Å². The van der Waals surface area contributed by atoms with E-state index < -0.39 is 10.0 Å². The molecule has 0 atom stereocenters. The standard InChI is InChI=1S/C11H16N2O2S2/c1-2-6-17(14,15)13-8-11-7-10(9-16-11)4-3-5-12/h7,9,13H,2,5-6,8,12H2,1H3. The first-order valence-electron chi connectivity index (χ1n) is 5.31. The lowest BCUT2D eigenvalue weighted by atomic mass is 10.3. The van der Waals surface area contributed by atoms with Gasteiger partial charge in [0.1, 0.15) is 0 Å². The van der Waals surface area contributed by atoms with Gasteiger partial charge < -0.3 is 5.73 Å². The van der Waals surface area contributed by atoms with Crippen LogP contribution in [0.5, 0.6) is 0 Å². The van der Waals surface area contributed by atoms with E-state index in [4.69, 9.17) is 5.73 Å². The second-order valence-electron chi connectivity index (χ2n) is 3.45. The summed E-state index contributed by atoms with van der Waals surface area (Å²) in [7, 11) is -3.14. The first kappa shape index (κ1) is 14.2. The summed E-state index contributed by atoms with van der Waals surface area (Å²) < 4.78 is 25.4. The van der Waals surface area contributed by atoms with Crippen LogP contribution in [-0.4, -0.2) is 20.7 Å². The first-order chi connectivity index (χ1) is 8.07. The van der Waals surface area contributed by atoms with Gasteiger partial charge in [-0.2, -0.15) is 0 Å². The third kappa shape index (κ3) is 5.33. The van der Waals surface area contributed by atoms with Gasteiger partial charge in [-0.25, -0.2) is 13.1 Å². The summed E-state index contributed by atoms with van der Waals surface area (Å²) in [4.78, 5) is 0.950. The topological polar surface area (TPSA) is 72.2 Å². The van der Waals surface area contributed by atoms with E-state index in [9.17, 15) is 8.42 Å². The molecule has 1 aromatic heterocycles. The highest BCUT2D eigenvalue weighted by molar-refractivity contribution is 7.89. The Kier molecular flexibility index (Phi) is 5.65. The van der Waals surface area contributed by atoms with Gasteiger partial charge in [0.15, 0.2) is 0 Å². The molecule has 4 nitrogen and oxygen atoms in total. The van der Waals surface area contributed by atoms with E-state index in [-0.39, 0.29) is 5.75 Å². The summed E-state index contributed by atoms with van der Waals surface area (Å²) in [6, 6.07) is 1.88. The molecular formula is C11H16N2O2S2. The molecule has 3 N–H and O–H groups in total. The number of thiophene rings is 1. The van der Waals surface area contributed by atoms with E-state index in [1.807, 2.05) is 18.4 Å². The number of sulfonamides is 1. The van der Waals surface area contributed by atoms with Gasteiger partial charge in [0.2, 0.25) is 10.0 Å². The Balaban J connectivity index is 2.56. The highest BCUT2D eigenvalue weighted by Crippen LogP contribution is 2.13. The molecule has 17 heavy (non-hydrogen) atoms. The van der Waals surface area contributed by atoms with Crippen molar-refractivity contribution < 1.29 is 8.42 Å². The van der Waals surface area contributed by atoms with Gasteiger partial charge in [-0.1, -0.05) is 18.8 Å². The summed E-state index contributed by atoms with van der Waals surface area (Å²) in [5, 5.41) is 1.89. The lowest BCUT2D eigenvalue weighted by Gasteiger charge is -2.02. The second-order valence-corrected chi connectivity index (χ2v) is 6.37. The Morgan fingerprint density at radius 2 is 2.29 bits per heavy atom. The molecule has 0 fully saturated rings. The lowest BCUT2D eigenvalue weighted by Crippen LogP contribution is -2.25. The van der Waals surface area contributed by atoms with Crippen molar-refractivity contribution in [2.24, 2.45) is 5.73 Å². The van der Waals surface area contributed by atoms with Gasteiger partial charge in [0.05, 0.1) is 12.3 Å². The van der Waals surface area contributed by atoms with E-state index in [0.29, 0.717) is 19.5 Å². The molecule has 0 radical (unpaired) electrons. The monoisotopic (exact) mass is 272 g/mol. The predicted octanol–water partition coefficient (Wildman–Crippen LogP) is 0.888. The maximum atomic E-state index is 11.4. The minimum atomic E-state index is -3.14. The van der Waals surface area contributed by atoms with Crippen LogP contribution in [0.1, 0.15) is 23.8 Å². The van der Waals surface area contributed by atoms with Crippen LogP contribution in [0.25, 0.3) is 0 Å². The van der Waals surface area contributed by atoms with Crippen molar-refractivity contribution in [2.75, 3.05) is 12.3 Å². The molecular weight excluding hydrogens is 256 g/mol. The quantitative estimate of drug-likeness (QED) is 0.782. The molecule has 0 saturated heterocycles. The van der Waals surface area contributed by atoms with E-state index in [0.717, 1.165) is 10.4 Å². The predicted molar refractivity (Wildman–Crippen MR) is 71.2 cm³/mol. The average Bonchev–Trinajstić information content (AvgIpc) is 2.72. The van der Waals surface area contributed by atoms with Crippen molar-refractivity contribution in [3.05, 3.63) is 21.9 Å². The highest BCUT2D eigenvalue weighted by atomic mass is 32.2. The molecule has 0 amide bonds. The summed E-state index contributed by atoms with van der Waals surface area (Å²) in [6.07, 6.45) is 0.618. The van der Waals surface area contributed by atoms with Gasteiger partial charge in [0, 0.05) is 22.4 Å². The summed E-state index contributed by atoms with van der Waals surface area (Å²) in [5.41, 5.74) is 6.15. The van der Waals surface area contributed by atoms with Crippen LogP contribution in [0.3, 0.4) is 0 Å². The third-order valence-corrected chi connectivity index (χ3v) is 4.39. The molecule has 1 aromatic rings.